The number of fused-ring (bicyclic) bond motifs is 2. The van der Waals surface area contributed by atoms with Crippen molar-refractivity contribution >= 4 is 0 Å². The van der Waals surface area contributed by atoms with Gasteiger partial charge >= 0.3 is 0 Å². The third-order valence-electron chi connectivity index (χ3n) is 5.15. The first-order chi connectivity index (χ1) is 10.8. The van der Waals surface area contributed by atoms with Crippen molar-refractivity contribution in [1.82, 2.24) is 10.6 Å². The van der Waals surface area contributed by atoms with E-state index in [4.69, 9.17) is 0 Å². The first-order valence-electron chi connectivity index (χ1n) is 8.42. The molecule has 2 heterocycles. The quantitative estimate of drug-likeness (QED) is 0.889. The van der Waals surface area contributed by atoms with Gasteiger partial charge < -0.3 is 10.6 Å². The summed E-state index contributed by atoms with van der Waals surface area (Å²) in [7, 11) is 0. The van der Waals surface area contributed by atoms with E-state index in [1.165, 1.54) is 16.7 Å². The van der Waals surface area contributed by atoms with E-state index < -0.39 is 0 Å². The lowest BCUT2D eigenvalue weighted by Crippen LogP contribution is -2.21. The molecule has 0 saturated carbocycles. The molecule has 0 saturated heterocycles. The van der Waals surface area contributed by atoms with E-state index in [1.807, 2.05) is 0 Å². The van der Waals surface area contributed by atoms with E-state index in [9.17, 15) is 0 Å². The average molecular weight is 292 g/mol. The van der Waals surface area contributed by atoms with Gasteiger partial charge in [-0.1, -0.05) is 42.0 Å². The summed E-state index contributed by atoms with van der Waals surface area (Å²) in [6.45, 7) is 6.45. The minimum absolute atomic E-state index is 0.588. The van der Waals surface area contributed by atoms with E-state index in [1.54, 1.807) is 16.7 Å². The van der Waals surface area contributed by atoms with E-state index in [-0.39, 0.29) is 0 Å². The van der Waals surface area contributed by atoms with Crippen LogP contribution in [0.15, 0.2) is 36.4 Å². The van der Waals surface area contributed by atoms with E-state index in [2.05, 4.69) is 54.0 Å². The summed E-state index contributed by atoms with van der Waals surface area (Å²) < 4.78 is 0. The zero-order valence-electron chi connectivity index (χ0n) is 13.3. The van der Waals surface area contributed by atoms with Crippen LogP contribution in [0.4, 0.5) is 0 Å². The molecule has 0 aliphatic carbocycles. The predicted octanol–water partition coefficient (Wildman–Crippen LogP) is 3.07. The summed E-state index contributed by atoms with van der Waals surface area (Å²) in [5.74, 6) is 0.588. The molecular formula is C20H24N2. The zero-order valence-corrected chi connectivity index (χ0v) is 13.3. The molecule has 22 heavy (non-hydrogen) atoms. The number of hydrogen-bond acceptors (Lipinski definition) is 2. The van der Waals surface area contributed by atoms with Crippen LogP contribution in [0.2, 0.25) is 0 Å². The largest absolute Gasteiger partial charge is 0.316 e. The first kappa shape index (κ1) is 14.0. The van der Waals surface area contributed by atoms with Crippen molar-refractivity contribution < 1.29 is 0 Å². The van der Waals surface area contributed by atoms with Crippen LogP contribution in [0.25, 0.3) is 0 Å². The van der Waals surface area contributed by atoms with Gasteiger partial charge in [-0.05, 0) is 54.1 Å². The molecule has 2 aliphatic heterocycles. The third-order valence-corrected chi connectivity index (χ3v) is 5.15. The summed E-state index contributed by atoms with van der Waals surface area (Å²) >= 11 is 0. The standard InChI is InChI=1S/C20H24N2/c1-14-5-6-19-16(9-14)7-8-21-12-18(19)10-15-3-2-4-17-11-22-13-20(15)17/h2-6,9,18,21-22H,7-8,10-13H2,1H3. The molecule has 0 spiro atoms. The smallest absolute Gasteiger partial charge is 0.0214 e. The summed E-state index contributed by atoms with van der Waals surface area (Å²) in [6.07, 6.45) is 2.30. The van der Waals surface area contributed by atoms with Crippen LogP contribution in [0.3, 0.4) is 0 Å². The molecule has 4 rings (SSSR count). The number of aryl methyl sites for hydroxylation is 1. The average Bonchev–Trinajstić information content (AvgIpc) is 2.92. The van der Waals surface area contributed by atoms with E-state index >= 15 is 0 Å². The molecule has 2 aromatic carbocycles. The van der Waals surface area contributed by atoms with Gasteiger partial charge in [-0.15, -0.1) is 0 Å². The van der Waals surface area contributed by atoms with Crippen molar-refractivity contribution in [2.45, 2.75) is 38.8 Å². The molecule has 0 bridgehead atoms. The molecular weight excluding hydrogens is 268 g/mol. The molecule has 2 aromatic rings. The lowest BCUT2D eigenvalue weighted by atomic mass is 9.86. The van der Waals surface area contributed by atoms with Gasteiger partial charge in [-0.2, -0.15) is 0 Å². The minimum atomic E-state index is 0.588. The number of hydrogen-bond donors (Lipinski definition) is 2. The monoisotopic (exact) mass is 292 g/mol. The summed E-state index contributed by atoms with van der Waals surface area (Å²) in [6, 6.07) is 13.8. The fourth-order valence-corrected chi connectivity index (χ4v) is 4.00. The highest BCUT2D eigenvalue weighted by molar-refractivity contribution is 5.41. The van der Waals surface area contributed by atoms with Gasteiger partial charge in [0.25, 0.3) is 0 Å². The Balaban J connectivity index is 1.68. The van der Waals surface area contributed by atoms with Crippen LogP contribution in [0, 0.1) is 6.92 Å². The van der Waals surface area contributed by atoms with Crippen LogP contribution in [-0.2, 0) is 25.9 Å². The summed E-state index contributed by atoms with van der Waals surface area (Å²) in [5.41, 5.74) is 9.04. The molecule has 2 N–H and O–H groups in total. The SMILES string of the molecule is Cc1ccc2c(c1)CCNCC2Cc1cccc2c1CNC2. The van der Waals surface area contributed by atoms with E-state index in [0.717, 1.165) is 39.0 Å². The fraction of sp³-hybridized carbons (Fsp3) is 0.400. The topological polar surface area (TPSA) is 24.1 Å². The van der Waals surface area contributed by atoms with Gasteiger partial charge in [0.15, 0.2) is 0 Å². The molecule has 0 aromatic heterocycles. The van der Waals surface area contributed by atoms with Crippen molar-refractivity contribution in [3.8, 4) is 0 Å². The highest BCUT2D eigenvalue weighted by Crippen LogP contribution is 2.30. The number of benzene rings is 2. The molecule has 1 atom stereocenters. The van der Waals surface area contributed by atoms with Crippen LogP contribution >= 0.6 is 0 Å². The van der Waals surface area contributed by atoms with Crippen molar-refractivity contribution in [3.63, 3.8) is 0 Å². The normalized spacial score (nSPS) is 20.3. The van der Waals surface area contributed by atoms with Gasteiger partial charge in [0.2, 0.25) is 0 Å². The Morgan fingerprint density at radius 2 is 2.00 bits per heavy atom. The Bertz CT molecular complexity index is 690. The maximum absolute atomic E-state index is 3.64. The predicted molar refractivity (Wildman–Crippen MR) is 91.2 cm³/mol. The lowest BCUT2D eigenvalue weighted by molar-refractivity contribution is 0.603. The molecule has 0 fully saturated rings. The van der Waals surface area contributed by atoms with Gasteiger partial charge in [0.05, 0.1) is 0 Å². The fourth-order valence-electron chi connectivity index (χ4n) is 4.00. The molecule has 114 valence electrons. The minimum Gasteiger partial charge on any atom is -0.316 e. The zero-order chi connectivity index (χ0) is 14.9. The van der Waals surface area contributed by atoms with E-state index in [0.29, 0.717) is 5.92 Å². The Morgan fingerprint density at radius 3 is 2.95 bits per heavy atom. The van der Waals surface area contributed by atoms with Crippen LogP contribution in [0.1, 0.15) is 39.3 Å². The molecule has 0 amide bonds. The summed E-state index contributed by atoms with van der Waals surface area (Å²) in [4.78, 5) is 0. The number of nitrogens with one attached hydrogen (secondary N) is 2. The van der Waals surface area contributed by atoms with Gasteiger partial charge in [0, 0.05) is 25.6 Å². The molecule has 2 nitrogen and oxygen atoms in total. The van der Waals surface area contributed by atoms with Crippen LogP contribution in [-0.4, -0.2) is 13.1 Å². The van der Waals surface area contributed by atoms with Crippen LogP contribution in [0.5, 0.6) is 0 Å². The van der Waals surface area contributed by atoms with Gasteiger partial charge in [0.1, 0.15) is 0 Å². The second-order valence-electron chi connectivity index (χ2n) is 6.72. The maximum Gasteiger partial charge on any atom is 0.0214 e. The second kappa shape index (κ2) is 5.86. The van der Waals surface area contributed by atoms with Gasteiger partial charge in [-0.25, -0.2) is 0 Å². The van der Waals surface area contributed by atoms with Crippen molar-refractivity contribution in [1.29, 1.82) is 0 Å². The third kappa shape index (κ3) is 2.57. The molecule has 2 heteroatoms. The van der Waals surface area contributed by atoms with Crippen molar-refractivity contribution in [2.24, 2.45) is 0 Å². The highest BCUT2D eigenvalue weighted by atomic mass is 14.9. The van der Waals surface area contributed by atoms with Crippen molar-refractivity contribution in [2.75, 3.05) is 13.1 Å². The molecule has 0 radical (unpaired) electrons. The Kier molecular flexibility index (Phi) is 3.73. The second-order valence-corrected chi connectivity index (χ2v) is 6.72. The highest BCUT2D eigenvalue weighted by Gasteiger charge is 2.21. The first-order valence-corrected chi connectivity index (χ1v) is 8.42. The Morgan fingerprint density at radius 1 is 1.05 bits per heavy atom. The Labute approximate surface area is 132 Å². The summed E-state index contributed by atoms with van der Waals surface area (Å²) in [5, 5.41) is 7.12. The van der Waals surface area contributed by atoms with Crippen molar-refractivity contribution in [3.05, 3.63) is 69.8 Å². The molecule has 1 unspecified atom stereocenters. The Hall–Kier alpha value is -1.64. The van der Waals surface area contributed by atoms with Gasteiger partial charge in [-0.3, -0.25) is 0 Å². The van der Waals surface area contributed by atoms with Crippen LogP contribution < -0.4 is 10.6 Å². The molecule has 2 aliphatic rings. The lowest BCUT2D eigenvalue weighted by Gasteiger charge is -2.20. The number of rotatable bonds is 2. The maximum atomic E-state index is 3.64.